The number of alkyl halides is 1. The molecule has 1 aliphatic carbocycles. The minimum atomic E-state index is -0.341. The first-order chi connectivity index (χ1) is 9.56. The van der Waals surface area contributed by atoms with Crippen LogP contribution in [0.1, 0.15) is 19.3 Å². The fourth-order valence-electron chi connectivity index (χ4n) is 2.89. The second-order valence-corrected chi connectivity index (χ2v) is 6.95. The van der Waals surface area contributed by atoms with Gasteiger partial charge in [0.2, 0.25) is 5.91 Å². The third-order valence-corrected chi connectivity index (χ3v) is 5.00. The van der Waals surface area contributed by atoms with E-state index in [4.69, 9.17) is 11.6 Å². The topological polar surface area (TPSA) is 49.4 Å². The fraction of sp³-hybridized carbons (Fsp3) is 0.429. The normalized spacial score (nSPS) is 29.9. The number of hydrogen-bond donors (Lipinski definition) is 1. The molecule has 3 unspecified atom stereocenters. The minimum absolute atomic E-state index is 0.0349. The molecule has 0 aromatic heterocycles. The molecule has 1 heterocycles. The minimum Gasteiger partial charge on any atom is -0.334 e. The lowest BCUT2D eigenvalue weighted by Gasteiger charge is -2.41. The average Bonchev–Trinajstić information content (AvgIpc) is 2.42. The summed E-state index contributed by atoms with van der Waals surface area (Å²) in [5.41, 5.74) is 0.562. The first-order valence-electron chi connectivity index (χ1n) is 6.60. The van der Waals surface area contributed by atoms with Gasteiger partial charge in [0.25, 0.3) is 0 Å². The molecule has 1 aromatic carbocycles. The number of hydrogen-bond acceptors (Lipinski definition) is 2. The summed E-state index contributed by atoms with van der Waals surface area (Å²) in [7, 11) is 0. The number of amides is 3. The average molecular weight is 358 g/mol. The molecule has 2 fully saturated rings. The number of fused-ring (bicyclic) bond motifs is 1. The van der Waals surface area contributed by atoms with Gasteiger partial charge in [-0.15, -0.1) is 0 Å². The van der Waals surface area contributed by atoms with Crippen LogP contribution in [0.3, 0.4) is 0 Å². The molecule has 1 saturated heterocycles. The zero-order valence-corrected chi connectivity index (χ0v) is 13.0. The molecule has 3 atom stereocenters. The van der Waals surface area contributed by atoms with Crippen molar-refractivity contribution >= 4 is 45.2 Å². The van der Waals surface area contributed by atoms with E-state index in [1.807, 2.05) is 0 Å². The Hall–Kier alpha value is -1.07. The predicted molar refractivity (Wildman–Crippen MR) is 81.3 cm³/mol. The van der Waals surface area contributed by atoms with Crippen molar-refractivity contribution < 1.29 is 9.59 Å². The molecule has 106 valence electrons. The maximum atomic E-state index is 12.6. The van der Waals surface area contributed by atoms with Crippen molar-refractivity contribution in [3.63, 3.8) is 0 Å². The van der Waals surface area contributed by atoms with Crippen LogP contribution in [-0.4, -0.2) is 22.8 Å². The van der Waals surface area contributed by atoms with E-state index < -0.39 is 0 Å². The van der Waals surface area contributed by atoms with Crippen LogP contribution in [0.15, 0.2) is 24.3 Å². The van der Waals surface area contributed by atoms with E-state index in [2.05, 4.69) is 21.2 Å². The highest BCUT2D eigenvalue weighted by Gasteiger charge is 2.44. The monoisotopic (exact) mass is 356 g/mol. The van der Waals surface area contributed by atoms with E-state index in [1.54, 1.807) is 24.3 Å². The number of imide groups is 1. The molecule has 0 spiro atoms. The Balaban J connectivity index is 1.89. The summed E-state index contributed by atoms with van der Waals surface area (Å²) in [6.45, 7) is 0. The van der Waals surface area contributed by atoms with Crippen molar-refractivity contribution in [1.82, 2.24) is 5.32 Å². The molecule has 20 heavy (non-hydrogen) atoms. The van der Waals surface area contributed by atoms with Gasteiger partial charge in [0.05, 0.1) is 11.6 Å². The standard InChI is InChI=1S/C14H14BrClN2O2/c15-8-1-6-12-11(7-8)13(19)18(14(20)17-12)10-4-2-9(16)3-5-10/h2-5,8,11-12H,1,6-7H2,(H,17,20). The molecular weight excluding hydrogens is 344 g/mol. The van der Waals surface area contributed by atoms with Crippen molar-refractivity contribution in [2.45, 2.75) is 30.1 Å². The lowest BCUT2D eigenvalue weighted by atomic mass is 9.82. The molecule has 1 saturated carbocycles. The van der Waals surface area contributed by atoms with Crippen molar-refractivity contribution in [1.29, 1.82) is 0 Å². The Bertz CT molecular complexity index is 549. The number of anilines is 1. The van der Waals surface area contributed by atoms with Crippen LogP contribution >= 0.6 is 27.5 Å². The highest BCUT2D eigenvalue weighted by Crippen LogP contribution is 2.34. The molecule has 3 amide bonds. The first kappa shape index (κ1) is 13.9. The van der Waals surface area contributed by atoms with Gasteiger partial charge in [0.1, 0.15) is 0 Å². The number of benzene rings is 1. The second kappa shape index (κ2) is 5.37. The van der Waals surface area contributed by atoms with E-state index in [9.17, 15) is 9.59 Å². The number of nitrogens with zero attached hydrogens (tertiary/aromatic N) is 1. The number of rotatable bonds is 1. The maximum Gasteiger partial charge on any atom is 0.328 e. The summed E-state index contributed by atoms with van der Waals surface area (Å²) in [5, 5.41) is 3.52. The van der Waals surface area contributed by atoms with Crippen molar-refractivity contribution in [3.8, 4) is 0 Å². The van der Waals surface area contributed by atoms with Gasteiger partial charge in [-0.1, -0.05) is 27.5 Å². The van der Waals surface area contributed by atoms with Crippen LogP contribution in [0, 0.1) is 5.92 Å². The molecule has 0 bridgehead atoms. The van der Waals surface area contributed by atoms with Crippen LogP contribution in [-0.2, 0) is 4.79 Å². The Morgan fingerprint density at radius 2 is 1.90 bits per heavy atom. The van der Waals surface area contributed by atoms with Crippen LogP contribution in [0.5, 0.6) is 0 Å². The van der Waals surface area contributed by atoms with E-state index in [0.717, 1.165) is 19.3 Å². The summed E-state index contributed by atoms with van der Waals surface area (Å²) in [6.07, 6.45) is 2.58. The Labute approximate surface area is 130 Å². The largest absolute Gasteiger partial charge is 0.334 e. The van der Waals surface area contributed by atoms with Gasteiger partial charge < -0.3 is 5.32 Å². The lowest BCUT2D eigenvalue weighted by Crippen LogP contribution is -2.61. The summed E-state index contributed by atoms with van der Waals surface area (Å²) in [5.74, 6) is -0.272. The number of nitrogens with one attached hydrogen (secondary N) is 1. The predicted octanol–water partition coefficient (Wildman–Crippen LogP) is 3.33. The van der Waals surface area contributed by atoms with Crippen LogP contribution in [0.2, 0.25) is 5.02 Å². The molecule has 3 rings (SSSR count). The quantitative estimate of drug-likeness (QED) is 0.784. The van der Waals surface area contributed by atoms with Gasteiger partial charge >= 0.3 is 6.03 Å². The van der Waals surface area contributed by atoms with Gasteiger partial charge in [-0.25, -0.2) is 9.69 Å². The number of urea groups is 1. The van der Waals surface area contributed by atoms with Crippen molar-refractivity contribution in [2.75, 3.05) is 4.90 Å². The van der Waals surface area contributed by atoms with Crippen LogP contribution < -0.4 is 10.2 Å². The first-order valence-corrected chi connectivity index (χ1v) is 7.89. The number of carbonyl (C=O) groups excluding carboxylic acids is 2. The van der Waals surface area contributed by atoms with Crippen LogP contribution in [0.4, 0.5) is 10.5 Å². The third kappa shape index (κ3) is 2.44. The van der Waals surface area contributed by atoms with Gasteiger partial charge in [-0.05, 0) is 43.5 Å². The Morgan fingerprint density at radius 3 is 2.60 bits per heavy atom. The summed E-state index contributed by atoms with van der Waals surface area (Å²) >= 11 is 9.42. The molecule has 4 nitrogen and oxygen atoms in total. The zero-order valence-electron chi connectivity index (χ0n) is 10.7. The zero-order chi connectivity index (χ0) is 14.3. The Morgan fingerprint density at radius 1 is 1.20 bits per heavy atom. The van der Waals surface area contributed by atoms with Gasteiger partial charge in [-0.3, -0.25) is 4.79 Å². The third-order valence-electron chi connectivity index (χ3n) is 3.92. The highest BCUT2D eigenvalue weighted by molar-refractivity contribution is 9.09. The van der Waals surface area contributed by atoms with E-state index in [-0.39, 0.29) is 23.9 Å². The smallest absolute Gasteiger partial charge is 0.328 e. The van der Waals surface area contributed by atoms with Gasteiger partial charge in [0, 0.05) is 15.9 Å². The van der Waals surface area contributed by atoms with Gasteiger partial charge in [-0.2, -0.15) is 0 Å². The molecule has 0 radical (unpaired) electrons. The van der Waals surface area contributed by atoms with E-state index >= 15 is 0 Å². The molecule has 6 heteroatoms. The lowest BCUT2D eigenvalue weighted by molar-refractivity contribution is -0.124. The van der Waals surface area contributed by atoms with Crippen molar-refractivity contribution in [3.05, 3.63) is 29.3 Å². The molecular formula is C14H14BrClN2O2. The highest BCUT2D eigenvalue weighted by atomic mass is 79.9. The molecule has 1 N–H and O–H groups in total. The maximum absolute atomic E-state index is 12.6. The second-order valence-electron chi connectivity index (χ2n) is 5.22. The number of halogens is 2. The summed E-state index contributed by atoms with van der Waals surface area (Å²) < 4.78 is 0. The summed E-state index contributed by atoms with van der Waals surface area (Å²) in [4.78, 5) is 26.4. The summed E-state index contributed by atoms with van der Waals surface area (Å²) in [6, 6.07) is 6.36. The Kier molecular flexibility index (Phi) is 3.73. The van der Waals surface area contributed by atoms with Crippen molar-refractivity contribution in [2.24, 2.45) is 5.92 Å². The van der Waals surface area contributed by atoms with Crippen LogP contribution in [0.25, 0.3) is 0 Å². The SMILES string of the molecule is O=C1NC2CCC(Br)CC2C(=O)N1c1ccc(Cl)cc1. The fourth-order valence-corrected chi connectivity index (χ4v) is 3.68. The molecule has 1 aliphatic heterocycles. The molecule has 2 aliphatic rings. The van der Waals surface area contributed by atoms with E-state index in [0.29, 0.717) is 15.5 Å². The molecule has 1 aromatic rings. The number of carbonyl (C=O) groups is 2. The van der Waals surface area contributed by atoms with Gasteiger partial charge in [0.15, 0.2) is 0 Å². The van der Waals surface area contributed by atoms with E-state index in [1.165, 1.54) is 4.90 Å².